The second-order valence-electron chi connectivity index (χ2n) is 10.3. The second-order valence-corrected chi connectivity index (χ2v) is 10.3. The molecule has 2 aromatic carbocycles. The van der Waals surface area contributed by atoms with E-state index in [1.54, 1.807) is 6.20 Å². The topological polar surface area (TPSA) is 116 Å². The summed E-state index contributed by atoms with van der Waals surface area (Å²) in [4.78, 5) is 37.8. The highest BCUT2D eigenvalue weighted by Crippen LogP contribution is 2.28. The van der Waals surface area contributed by atoms with E-state index in [4.69, 9.17) is 4.98 Å². The molecule has 0 aliphatic carbocycles. The Morgan fingerprint density at radius 3 is 2.34 bits per heavy atom. The van der Waals surface area contributed by atoms with Gasteiger partial charge in [-0.1, -0.05) is 74.5 Å². The number of amides is 1. The third-order valence-electron chi connectivity index (χ3n) is 6.92. The highest BCUT2D eigenvalue weighted by Gasteiger charge is 2.38. The van der Waals surface area contributed by atoms with E-state index in [2.05, 4.69) is 10.3 Å². The lowest BCUT2D eigenvalue weighted by Gasteiger charge is -2.40. The Kier molecular flexibility index (Phi) is 9.26. The van der Waals surface area contributed by atoms with Gasteiger partial charge in [0.25, 0.3) is 0 Å². The molecule has 9 heteroatoms. The molecule has 1 aliphatic rings. The number of aromatic nitrogens is 2. The molecular formula is C29H35BN4O4. The van der Waals surface area contributed by atoms with Gasteiger partial charge in [-0.3, -0.25) is 9.59 Å². The summed E-state index contributed by atoms with van der Waals surface area (Å²) in [5.41, 5.74) is 2.70. The van der Waals surface area contributed by atoms with Crippen LogP contribution in [0.3, 0.4) is 0 Å². The number of ketones is 1. The predicted octanol–water partition coefficient (Wildman–Crippen LogP) is 3.08. The lowest BCUT2D eigenvalue weighted by atomic mass is 9.74. The largest absolute Gasteiger partial charge is 0.475 e. The average Bonchev–Trinajstić information content (AvgIpc) is 2.88. The number of nitrogens with zero attached hydrogens (tertiary/aromatic N) is 3. The average molecular weight is 514 g/mol. The van der Waals surface area contributed by atoms with Gasteiger partial charge in [0, 0.05) is 30.6 Å². The van der Waals surface area contributed by atoms with Crippen LogP contribution in [0.15, 0.2) is 72.9 Å². The summed E-state index contributed by atoms with van der Waals surface area (Å²) in [5, 5.41) is 22.4. The van der Waals surface area contributed by atoms with Gasteiger partial charge in [-0.05, 0) is 36.8 Å². The van der Waals surface area contributed by atoms with Gasteiger partial charge in [-0.2, -0.15) is 0 Å². The van der Waals surface area contributed by atoms with Crippen molar-refractivity contribution in [1.29, 1.82) is 0 Å². The molecule has 8 nitrogen and oxygen atoms in total. The van der Waals surface area contributed by atoms with E-state index < -0.39 is 25.0 Å². The highest BCUT2D eigenvalue weighted by molar-refractivity contribution is 6.43. The van der Waals surface area contributed by atoms with Crippen molar-refractivity contribution >= 4 is 24.8 Å². The van der Waals surface area contributed by atoms with E-state index in [0.717, 1.165) is 16.8 Å². The Hall–Kier alpha value is -3.56. The van der Waals surface area contributed by atoms with Gasteiger partial charge >= 0.3 is 7.12 Å². The first-order valence-corrected chi connectivity index (χ1v) is 13.2. The molecule has 198 valence electrons. The highest BCUT2D eigenvalue weighted by atomic mass is 16.4. The molecule has 1 amide bonds. The first kappa shape index (κ1) is 27.5. The Bertz CT molecular complexity index is 1210. The number of benzene rings is 2. The summed E-state index contributed by atoms with van der Waals surface area (Å²) < 4.78 is 0. The van der Waals surface area contributed by atoms with Crippen LogP contribution in [-0.2, 0) is 16.0 Å². The van der Waals surface area contributed by atoms with E-state index >= 15 is 0 Å². The summed E-state index contributed by atoms with van der Waals surface area (Å²) in [6.07, 6.45) is 3.20. The van der Waals surface area contributed by atoms with Crippen LogP contribution in [0.1, 0.15) is 38.7 Å². The lowest BCUT2D eigenvalue weighted by Crippen LogP contribution is -2.54. The smallest absolute Gasteiger partial charge is 0.426 e. The summed E-state index contributed by atoms with van der Waals surface area (Å²) in [7, 11) is -1.68. The summed E-state index contributed by atoms with van der Waals surface area (Å²) in [5.74, 6) is -1.19. The molecule has 1 aromatic heterocycles. The predicted molar refractivity (Wildman–Crippen MR) is 148 cm³/mol. The van der Waals surface area contributed by atoms with Crippen LogP contribution >= 0.6 is 0 Å². The zero-order chi connectivity index (χ0) is 27.1. The first-order chi connectivity index (χ1) is 18.3. The minimum atomic E-state index is -1.68. The Morgan fingerprint density at radius 1 is 1.05 bits per heavy atom. The summed E-state index contributed by atoms with van der Waals surface area (Å²) in [6.45, 7) is 4.57. The number of rotatable bonds is 12. The fourth-order valence-corrected chi connectivity index (χ4v) is 4.82. The van der Waals surface area contributed by atoms with Crippen molar-refractivity contribution in [2.75, 3.05) is 11.4 Å². The third-order valence-corrected chi connectivity index (χ3v) is 6.92. The van der Waals surface area contributed by atoms with Crippen molar-refractivity contribution < 1.29 is 19.6 Å². The van der Waals surface area contributed by atoms with Crippen molar-refractivity contribution in [2.24, 2.45) is 11.8 Å². The normalized spacial score (nSPS) is 16.4. The summed E-state index contributed by atoms with van der Waals surface area (Å²) >= 11 is 0. The van der Waals surface area contributed by atoms with E-state index in [1.807, 2.05) is 85.5 Å². The van der Waals surface area contributed by atoms with Crippen LogP contribution in [0.5, 0.6) is 0 Å². The fraction of sp³-hybridized carbons (Fsp3) is 0.379. The Labute approximate surface area is 224 Å². The van der Waals surface area contributed by atoms with Gasteiger partial charge in [-0.15, -0.1) is 0 Å². The number of carbonyl (C=O) groups excluding carboxylic acids is 2. The van der Waals surface area contributed by atoms with Crippen LogP contribution in [0.2, 0.25) is 0 Å². The number of Topliss-reactive ketones (excluding diaryl/α,β-unsaturated/α-hetero) is 1. The van der Waals surface area contributed by atoms with E-state index in [9.17, 15) is 19.6 Å². The molecule has 3 aromatic rings. The van der Waals surface area contributed by atoms with Crippen molar-refractivity contribution in [1.82, 2.24) is 15.3 Å². The van der Waals surface area contributed by atoms with Gasteiger partial charge in [0.15, 0.2) is 5.78 Å². The van der Waals surface area contributed by atoms with Gasteiger partial charge in [-0.25, -0.2) is 9.97 Å². The maximum absolute atomic E-state index is 13.5. The van der Waals surface area contributed by atoms with E-state index in [0.29, 0.717) is 31.8 Å². The summed E-state index contributed by atoms with van der Waals surface area (Å²) in [6, 6.07) is 20.8. The molecule has 1 saturated heterocycles. The zero-order valence-electron chi connectivity index (χ0n) is 21.9. The minimum absolute atomic E-state index is 0.0379. The van der Waals surface area contributed by atoms with Crippen molar-refractivity contribution in [3.8, 4) is 11.3 Å². The number of carbonyl (C=O) groups is 2. The maximum atomic E-state index is 13.5. The first-order valence-electron chi connectivity index (χ1n) is 13.2. The van der Waals surface area contributed by atoms with Crippen molar-refractivity contribution in [3.05, 3.63) is 78.5 Å². The van der Waals surface area contributed by atoms with Crippen LogP contribution in [0, 0.1) is 11.8 Å². The van der Waals surface area contributed by atoms with E-state index in [1.165, 1.54) is 0 Å². The minimum Gasteiger partial charge on any atom is -0.426 e. The van der Waals surface area contributed by atoms with Crippen molar-refractivity contribution in [3.63, 3.8) is 0 Å². The van der Waals surface area contributed by atoms with Crippen LogP contribution in [0.25, 0.3) is 11.3 Å². The molecule has 0 saturated carbocycles. The SMILES string of the molecule is CC(C)C[C@@H](NC(=O)[C@@H](CC(=O)[C@@H]1CCN1c1nccc(-c2ccccc2)n1)Cc1ccccc1)B(O)O. The van der Waals surface area contributed by atoms with Crippen LogP contribution in [0.4, 0.5) is 5.95 Å². The molecule has 4 rings (SSSR count). The van der Waals surface area contributed by atoms with E-state index in [-0.39, 0.29) is 24.0 Å². The van der Waals surface area contributed by atoms with Gasteiger partial charge in [0.2, 0.25) is 11.9 Å². The molecule has 2 heterocycles. The molecule has 3 atom stereocenters. The fourth-order valence-electron chi connectivity index (χ4n) is 4.82. The van der Waals surface area contributed by atoms with Gasteiger partial charge in [0.1, 0.15) is 0 Å². The van der Waals surface area contributed by atoms with Gasteiger partial charge in [0.05, 0.1) is 17.7 Å². The number of nitrogens with one attached hydrogen (secondary N) is 1. The molecule has 38 heavy (non-hydrogen) atoms. The van der Waals surface area contributed by atoms with Crippen molar-refractivity contribution in [2.45, 2.75) is 51.5 Å². The lowest BCUT2D eigenvalue weighted by molar-refractivity contribution is -0.130. The zero-order valence-corrected chi connectivity index (χ0v) is 21.9. The molecule has 1 fully saturated rings. The Balaban J connectivity index is 1.49. The quantitative estimate of drug-likeness (QED) is 0.318. The van der Waals surface area contributed by atoms with Crippen LogP contribution < -0.4 is 10.2 Å². The molecule has 0 unspecified atom stereocenters. The Morgan fingerprint density at radius 2 is 1.74 bits per heavy atom. The monoisotopic (exact) mass is 514 g/mol. The number of hydrogen-bond donors (Lipinski definition) is 3. The van der Waals surface area contributed by atoms with Crippen LogP contribution in [-0.4, -0.2) is 57.4 Å². The molecule has 0 bridgehead atoms. The molecule has 0 spiro atoms. The van der Waals surface area contributed by atoms with Gasteiger partial charge < -0.3 is 20.3 Å². The standard InChI is InChI=1S/C29H35BN4O4/c1-20(2)17-27(30(37)38)33-28(36)23(18-21-9-5-3-6-10-21)19-26(35)25-14-16-34(25)29-31-15-13-24(32-29)22-11-7-4-8-12-22/h3-13,15,20,23,25,27,37-38H,14,16-19H2,1-2H3,(H,33,36)/t23-,25+,27-/m1/s1. The molecule has 1 aliphatic heterocycles. The molecular weight excluding hydrogens is 479 g/mol. The second kappa shape index (κ2) is 12.8. The number of anilines is 1. The molecule has 3 N–H and O–H groups in total. The molecule has 0 radical (unpaired) electrons. The third kappa shape index (κ3) is 7.05. The maximum Gasteiger partial charge on any atom is 0.475 e. The number of hydrogen-bond acceptors (Lipinski definition) is 7.